The third-order valence-corrected chi connectivity index (χ3v) is 2.73. The molecule has 0 radical (unpaired) electrons. The largest absolute Gasteiger partial charge is 0.373 e. The fourth-order valence-corrected chi connectivity index (χ4v) is 1.82. The van der Waals surface area contributed by atoms with Crippen LogP contribution < -0.4 is 0 Å². The highest BCUT2D eigenvalue weighted by molar-refractivity contribution is 4.83. The van der Waals surface area contributed by atoms with E-state index in [-0.39, 0.29) is 5.54 Å². The molecule has 78 valence electrons. The van der Waals surface area contributed by atoms with Crippen LogP contribution >= 0.6 is 0 Å². The molecule has 0 aromatic heterocycles. The highest BCUT2D eigenvalue weighted by Crippen LogP contribution is 2.21. The van der Waals surface area contributed by atoms with E-state index in [1.807, 2.05) is 0 Å². The highest BCUT2D eigenvalue weighted by Gasteiger charge is 2.30. The standard InChI is InChI=1S/C11H23NO/c1-6-10-8-12(11(3,4)5)7-9(2)13-10/h9-10H,6-8H2,1-5H3/t9-,10+/m0/s1. The lowest BCUT2D eigenvalue weighted by molar-refractivity contribution is -0.101. The lowest BCUT2D eigenvalue weighted by Gasteiger charge is -2.44. The van der Waals surface area contributed by atoms with E-state index < -0.39 is 0 Å². The molecule has 1 heterocycles. The Balaban J connectivity index is 2.57. The molecule has 1 saturated heterocycles. The number of morpholine rings is 1. The maximum absolute atomic E-state index is 5.82. The van der Waals surface area contributed by atoms with E-state index in [4.69, 9.17) is 4.74 Å². The van der Waals surface area contributed by atoms with E-state index in [1.165, 1.54) is 0 Å². The molecular weight excluding hydrogens is 162 g/mol. The Morgan fingerprint density at radius 2 is 1.92 bits per heavy atom. The summed E-state index contributed by atoms with van der Waals surface area (Å²) in [4.78, 5) is 2.52. The Hall–Kier alpha value is -0.0800. The van der Waals surface area contributed by atoms with Crippen molar-refractivity contribution < 1.29 is 4.74 Å². The zero-order valence-electron chi connectivity index (χ0n) is 9.63. The Morgan fingerprint density at radius 3 is 2.38 bits per heavy atom. The normalized spacial score (nSPS) is 32.1. The van der Waals surface area contributed by atoms with Crippen LogP contribution in [0.1, 0.15) is 41.0 Å². The first-order chi connectivity index (χ1) is 5.93. The molecule has 2 heteroatoms. The van der Waals surface area contributed by atoms with Gasteiger partial charge in [-0.25, -0.2) is 0 Å². The summed E-state index contributed by atoms with van der Waals surface area (Å²) in [7, 11) is 0. The summed E-state index contributed by atoms with van der Waals surface area (Å²) < 4.78 is 5.82. The number of nitrogens with zero attached hydrogens (tertiary/aromatic N) is 1. The van der Waals surface area contributed by atoms with Gasteiger partial charge in [0.1, 0.15) is 0 Å². The average Bonchev–Trinajstić information content (AvgIpc) is 2.01. The first-order valence-corrected chi connectivity index (χ1v) is 5.34. The second-order valence-corrected chi connectivity index (χ2v) is 5.05. The number of rotatable bonds is 1. The van der Waals surface area contributed by atoms with Crippen LogP contribution in [0, 0.1) is 0 Å². The minimum atomic E-state index is 0.283. The van der Waals surface area contributed by atoms with Crippen LogP contribution in [0.15, 0.2) is 0 Å². The van der Waals surface area contributed by atoms with Gasteiger partial charge in [-0.05, 0) is 34.1 Å². The van der Waals surface area contributed by atoms with E-state index in [1.54, 1.807) is 0 Å². The minimum Gasteiger partial charge on any atom is -0.373 e. The van der Waals surface area contributed by atoms with Crippen LogP contribution in [0.2, 0.25) is 0 Å². The van der Waals surface area contributed by atoms with Gasteiger partial charge >= 0.3 is 0 Å². The number of hydrogen-bond donors (Lipinski definition) is 0. The molecular formula is C11H23NO. The van der Waals surface area contributed by atoms with E-state index in [9.17, 15) is 0 Å². The predicted molar refractivity (Wildman–Crippen MR) is 56.0 cm³/mol. The molecule has 1 rings (SSSR count). The molecule has 1 fully saturated rings. The van der Waals surface area contributed by atoms with E-state index in [0.717, 1.165) is 19.5 Å². The van der Waals surface area contributed by atoms with Crippen molar-refractivity contribution in [3.63, 3.8) is 0 Å². The van der Waals surface area contributed by atoms with Crippen molar-refractivity contribution in [2.75, 3.05) is 13.1 Å². The van der Waals surface area contributed by atoms with E-state index in [2.05, 4.69) is 39.5 Å². The van der Waals surface area contributed by atoms with Gasteiger partial charge in [0.15, 0.2) is 0 Å². The summed E-state index contributed by atoms with van der Waals surface area (Å²) in [5, 5.41) is 0. The number of ether oxygens (including phenoxy) is 1. The molecule has 0 amide bonds. The smallest absolute Gasteiger partial charge is 0.0703 e. The zero-order valence-corrected chi connectivity index (χ0v) is 9.63. The summed E-state index contributed by atoms with van der Waals surface area (Å²) in [5.74, 6) is 0. The Labute approximate surface area is 82.3 Å². The Bertz CT molecular complexity index is 162. The summed E-state index contributed by atoms with van der Waals surface area (Å²) in [6, 6.07) is 0. The van der Waals surface area contributed by atoms with Gasteiger partial charge < -0.3 is 4.74 Å². The fourth-order valence-electron chi connectivity index (χ4n) is 1.82. The molecule has 0 aromatic carbocycles. The first-order valence-electron chi connectivity index (χ1n) is 5.34. The molecule has 1 aliphatic rings. The van der Waals surface area contributed by atoms with Crippen LogP contribution in [0.5, 0.6) is 0 Å². The molecule has 0 spiro atoms. The van der Waals surface area contributed by atoms with Crippen molar-refractivity contribution in [3.05, 3.63) is 0 Å². The maximum Gasteiger partial charge on any atom is 0.0703 e. The van der Waals surface area contributed by atoms with Crippen molar-refractivity contribution >= 4 is 0 Å². The van der Waals surface area contributed by atoms with Gasteiger partial charge in [0, 0.05) is 18.6 Å². The second kappa shape index (κ2) is 3.97. The molecule has 13 heavy (non-hydrogen) atoms. The van der Waals surface area contributed by atoms with Gasteiger partial charge in [-0.1, -0.05) is 6.92 Å². The summed E-state index contributed by atoms with van der Waals surface area (Å²) >= 11 is 0. The van der Waals surface area contributed by atoms with Crippen LogP contribution in [0.25, 0.3) is 0 Å². The third kappa shape index (κ3) is 2.96. The second-order valence-electron chi connectivity index (χ2n) is 5.05. The monoisotopic (exact) mass is 185 g/mol. The van der Waals surface area contributed by atoms with Crippen LogP contribution in [-0.4, -0.2) is 35.7 Å². The van der Waals surface area contributed by atoms with E-state index >= 15 is 0 Å². The molecule has 0 bridgehead atoms. The van der Waals surface area contributed by atoms with Crippen molar-refractivity contribution in [3.8, 4) is 0 Å². The molecule has 0 aromatic rings. The fraction of sp³-hybridized carbons (Fsp3) is 1.00. The quantitative estimate of drug-likeness (QED) is 0.621. The zero-order chi connectivity index (χ0) is 10.1. The lowest BCUT2D eigenvalue weighted by Crippen LogP contribution is -2.53. The lowest BCUT2D eigenvalue weighted by atomic mass is 10.0. The van der Waals surface area contributed by atoms with Gasteiger partial charge in [0.25, 0.3) is 0 Å². The van der Waals surface area contributed by atoms with Crippen molar-refractivity contribution in [1.82, 2.24) is 4.90 Å². The van der Waals surface area contributed by atoms with Crippen molar-refractivity contribution in [2.24, 2.45) is 0 Å². The minimum absolute atomic E-state index is 0.283. The Morgan fingerprint density at radius 1 is 1.31 bits per heavy atom. The topological polar surface area (TPSA) is 12.5 Å². The van der Waals surface area contributed by atoms with Crippen LogP contribution in [-0.2, 0) is 4.74 Å². The maximum atomic E-state index is 5.82. The number of hydrogen-bond acceptors (Lipinski definition) is 2. The van der Waals surface area contributed by atoms with Crippen molar-refractivity contribution in [1.29, 1.82) is 0 Å². The first kappa shape index (κ1) is 11.0. The van der Waals surface area contributed by atoms with Crippen molar-refractivity contribution in [2.45, 2.75) is 58.8 Å². The van der Waals surface area contributed by atoms with Crippen LogP contribution in [0.3, 0.4) is 0 Å². The summed E-state index contributed by atoms with van der Waals surface area (Å²) in [5.41, 5.74) is 0.283. The average molecular weight is 185 g/mol. The SMILES string of the molecule is CC[C@@H]1CN(C(C)(C)C)C[C@H](C)O1. The molecule has 1 aliphatic heterocycles. The van der Waals surface area contributed by atoms with Gasteiger partial charge in [-0.15, -0.1) is 0 Å². The van der Waals surface area contributed by atoms with Gasteiger partial charge in [-0.3, -0.25) is 4.90 Å². The molecule has 0 N–H and O–H groups in total. The van der Waals surface area contributed by atoms with E-state index in [0.29, 0.717) is 12.2 Å². The van der Waals surface area contributed by atoms with Gasteiger partial charge in [0.2, 0.25) is 0 Å². The molecule has 2 atom stereocenters. The summed E-state index contributed by atoms with van der Waals surface area (Å²) in [6.45, 7) is 13.3. The van der Waals surface area contributed by atoms with Gasteiger partial charge in [0.05, 0.1) is 12.2 Å². The molecule has 2 nitrogen and oxygen atoms in total. The summed E-state index contributed by atoms with van der Waals surface area (Å²) in [6.07, 6.45) is 1.94. The molecule has 0 saturated carbocycles. The highest BCUT2D eigenvalue weighted by atomic mass is 16.5. The molecule has 0 unspecified atom stereocenters. The third-order valence-electron chi connectivity index (χ3n) is 2.73. The van der Waals surface area contributed by atoms with Gasteiger partial charge in [-0.2, -0.15) is 0 Å². The molecule has 0 aliphatic carbocycles. The van der Waals surface area contributed by atoms with Crippen LogP contribution in [0.4, 0.5) is 0 Å². The predicted octanol–water partition coefficient (Wildman–Crippen LogP) is 2.28. The Kier molecular flexibility index (Phi) is 3.36.